The van der Waals surface area contributed by atoms with Gasteiger partial charge in [-0.25, -0.2) is 0 Å². The molecule has 0 atom stereocenters. The van der Waals surface area contributed by atoms with Crippen molar-refractivity contribution in [3.63, 3.8) is 0 Å². The van der Waals surface area contributed by atoms with Gasteiger partial charge in [0.15, 0.2) is 0 Å². The Labute approximate surface area is 169 Å². The van der Waals surface area contributed by atoms with Gasteiger partial charge in [-0.15, -0.1) is 13.2 Å². The predicted octanol–water partition coefficient (Wildman–Crippen LogP) is 2.92. The number of benzene rings is 1. The first-order valence-electron chi connectivity index (χ1n) is 8.84. The van der Waals surface area contributed by atoms with Crippen LogP contribution in [0.4, 0.5) is 24.9 Å². The Balaban J connectivity index is 2.17. The summed E-state index contributed by atoms with van der Waals surface area (Å²) in [7, 11) is 0. The molecule has 0 saturated carbocycles. The number of amides is 1. The molecule has 7 nitrogen and oxygen atoms in total. The number of carbonyl (C=O) groups is 1. The van der Waals surface area contributed by atoms with Gasteiger partial charge in [0.1, 0.15) is 5.82 Å². The lowest BCUT2D eigenvalue weighted by molar-refractivity contribution is -0.123. The molecule has 0 spiro atoms. The molecule has 0 unspecified atom stereocenters. The summed E-state index contributed by atoms with van der Waals surface area (Å²) in [5.74, 6) is -2.17. The second-order valence-corrected chi connectivity index (χ2v) is 6.59. The quantitative estimate of drug-likeness (QED) is 0.698. The van der Waals surface area contributed by atoms with Gasteiger partial charge < -0.3 is 9.64 Å². The third-order valence-electron chi connectivity index (χ3n) is 4.39. The minimum Gasteiger partial charge on any atom is -0.378 e. The van der Waals surface area contributed by atoms with Gasteiger partial charge in [-0.3, -0.25) is 14.2 Å². The first-order chi connectivity index (χ1) is 13.7. The van der Waals surface area contributed by atoms with Crippen molar-refractivity contribution in [1.82, 2.24) is 9.55 Å². The lowest BCUT2D eigenvalue weighted by Crippen LogP contribution is -2.47. The molecule has 1 amide bonds. The zero-order chi connectivity index (χ0) is 21.2. The van der Waals surface area contributed by atoms with Crippen LogP contribution in [-0.4, -0.2) is 48.1 Å². The number of alkyl halides is 3. The number of hydrogen-bond donors (Lipinski definition) is 0. The fourth-order valence-corrected chi connectivity index (χ4v) is 3.20. The van der Waals surface area contributed by atoms with Gasteiger partial charge in [-0.05, 0) is 19.1 Å². The van der Waals surface area contributed by atoms with Crippen LogP contribution in [0, 0.1) is 0 Å². The molecule has 11 heteroatoms. The van der Waals surface area contributed by atoms with E-state index in [1.165, 1.54) is 31.2 Å². The van der Waals surface area contributed by atoms with Gasteiger partial charge in [0.05, 0.1) is 23.8 Å². The van der Waals surface area contributed by atoms with E-state index in [0.29, 0.717) is 26.3 Å². The van der Waals surface area contributed by atoms with E-state index in [9.17, 15) is 22.8 Å². The number of anilines is 2. The molecule has 156 valence electrons. The van der Waals surface area contributed by atoms with Gasteiger partial charge in [-0.2, -0.15) is 9.88 Å². The monoisotopic (exact) mass is 430 g/mol. The van der Waals surface area contributed by atoms with Gasteiger partial charge in [0.2, 0.25) is 5.95 Å². The van der Waals surface area contributed by atoms with Crippen LogP contribution in [-0.2, 0) is 11.3 Å². The van der Waals surface area contributed by atoms with E-state index in [2.05, 4.69) is 4.98 Å². The van der Waals surface area contributed by atoms with Crippen molar-refractivity contribution in [3.05, 3.63) is 51.3 Å². The predicted molar refractivity (Wildman–Crippen MR) is 102 cm³/mol. The number of halogens is 4. The van der Waals surface area contributed by atoms with E-state index in [4.69, 9.17) is 16.3 Å². The summed E-state index contributed by atoms with van der Waals surface area (Å²) in [6.07, 6.45) is -5.13. The average molecular weight is 431 g/mol. The highest BCUT2D eigenvalue weighted by Crippen LogP contribution is 2.31. The SMILES string of the molecule is CCn1c(N(C(=O)c2ccccc2Cl)C(F)(F)F)nc(N2CCOCC2)cc1=O. The lowest BCUT2D eigenvalue weighted by Gasteiger charge is -2.30. The number of carbonyl (C=O) groups excluding carboxylic acids is 1. The number of morpholine rings is 1. The Kier molecular flexibility index (Phi) is 6.13. The minimum absolute atomic E-state index is 0.0548. The molecule has 0 N–H and O–H groups in total. The van der Waals surface area contributed by atoms with Crippen LogP contribution in [0.15, 0.2) is 35.1 Å². The summed E-state index contributed by atoms with van der Waals surface area (Å²) >= 11 is 5.93. The average Bonchev–Trinajstić information content (AvgIpc) is 2.67. The minimum atomic E-state index is -5.13. The normalized spacial score (nSPS) is 14.7. The standard InChI is InChI=1S/C18H18ClF3N4O3/c1-2-25-15(27)11-14(24-7-9-29-10-8-24)23-17(25)26(18(20,21)22)16(28)12-5-3-4-6-13(12)19/h3-6,11H,2,7-10H2,1H3. The number of ether oxygens (including phenoxy) is 1. The molecule has 2 aromatic rings. The Morgan fingerprint density at radius 2 is 1.93 bits per heavy atom. The van der Waals surface area contributed by atoms with Gasteiger partial charge in [0.25, 0.3) is 11.5 Å². The molecular weight excluding hydrogens is 413 g/mol. The summed E-state index contributed by atoms with van der Waals surface area (Å²) in [5.41, 5.74) is -1.04. The highest BCUT2D eigenvalue weighted by atomic mass is 35.5. The van der Waals surface area contributed by atoms with E-state index in [1.807, 2.05) is 0 Å². The number of nitrogens with zero attached hydrogens (tertiary/aromatic N) is 4. The van der Waals surface area contributed by atoms with E-state index in [0.717, 1.165) is 10.6 Å². The number of rotatable bonds is 4. The molecule has 3 rings (SSSR count). The molecule has 29 heavy (non-hydrogen) atoms. The zero-order valence-electron chi connectivity index (χ0n) is 15.4. The first kappa shape index (κ1) is 21.1. The van der Waals surface area contributed by atoms with E-state index in [-0.39, 0.29) is 22.9 Å². The van der Waals surface area contributed by atoms with Crippen LogP contribution in [0.1, 0.15) is 17.3 Å². The van der Waals surface area contributed by atoms with Crippen LogP contribution in [0.2, 0.25) is 5.02 Å². The van der Waals surface area contributed by atoms with Gasteiger partial charge in [0, 0.05) is 25.7 Å². The van der Waals surface area contributed by atoms with Crippen molar-refractivity contribution in [3.8, 4) is 0 Å². The van der Waals surface area contributed by atoms with E-state index >= 15 is 0 Å². The molecule has 1 fully saturated rings. The van der Waals surface area contributed by atoms with Crippen molar-refractivity contribution < 1.29 is 22.7 Å². The zero-order valence-corrected chi connectivity index (χ0v) is 16.2. The third-order valence-corrected chi connectivity index (χ3v) is 4.72. The molecule has 1 saturated heterocycles. The number of aromatic nitrogens is 2. The molecule has 2 heterocycles. The van der Waals surface area contributed by atoms with Crippen LogP contribution >= 0.6 is 11.6 Å². The van der Waals surface area contributed by atoms with Crippen LogP contribution in [0.25, 0.3) is 0 Å². The maximum absolute atomic E-state index is 14.0. The highest BCUT2D eigenvalue weighted by Gasteiger charge is 2.46. The van der Waals surface area contributed by atoms with Gasteiger partial charge in [-0.1, -0.05) is 23.7 Å². The van der Waals surface area contributed by atoms with E-state index in [1.54, 1.807) is 4.90 Å². The van der Waals surface area contributed by atoms with Crippen LogP contribution in [0.5, 0.6) is 0 Å². The lowest BCUT2D eigenvalue weighted by atomic mass is 10.2. The number of hydrogen-bond acceptors (Lipinski definition) is 5. The summed E-state index contributed by atoms with van der Waals surface area (Å²) in [4.78, 5) is 30.6. The fraction of sp³-hybridized carbons (Fsp3) is 0.389. The summed E-state index contributed by atoms with van der Waals surface area (Å²) in [6, 6.07) is 6.55. The molecule has 0 aliphatic carbocycles. The summed E-state index contributed by atoms with van der Waals surface area (Å²) in [6.45, 7) is 2.84. The topological polar surface area (TPSA) is 67.7 Å². The molecule has 1 aliphatic heterocycles. The molecule has 1 aliphatic rings. The highest BCUT2D eigenvalue weighted by molar-refractivity contribution is 6.34. The van der Waals surface area contributed by atoms with Crippen molar-refractivity contribution in [2.24, 2.45) is 0 Å². The molecular formula is C18H18ClF3N4O3. The van der Waals surface area contributed by atoms with Gasteiger partial charge >= 0.3 is 6.30 Å². The molecule has 1 aromatic heterocycles. The fourth-order valence-electron chi connectivity index (χ4n) is 2.98. The first-order valence-corrected chi connectivity index (χ1v) is 9.22. The Morgan fingerprint density at radius 3 is 2.52 bits per heavy atom. The molecule has 0 radical (unpaired) electrons. The summed E-state index contributed by atoms with van der Waals surface area (Å²) < 4.78 is 47.9. The van der Waals surface area contributed by atoms with E-state index < -0.39 is 28.6 Å². The Hall–Kier alpha value is -2.59. The largest absolute Gasteiger partial charge is 0.494 e. The maximum Gasteiger partial charge on any atom is 0.494 e. The second kappa shape index (κ2) is 8.42. The Bertz CT molecular complexity index is 958. The van der Waals surface area contributed by atoms with Crippen molar-refractivity contribution in [2.75, 3.05) is 36.1 Å². The van der Waals surface area contributed by atoms with Crippen LogP contribution in [0.3, 0.4) is 0 Å². The van der Waals surface area contributed by atoms with Crippen molar-refractivity contribution >= 4 is 29.3 Å². The third kappa shape index (κ3) is 4.38. The van der Waals surface area contributed by atoms with Crippen molar-refractivity contribution in [1.29, 1.82) is 0 Å². The smallest absolute Gasteiger partial charge is 0.378 e. The molecule has 0 bridgehead atoms. The molecule has 1 aromatic carbocycles. The second-order valence-electron chi connectivity index (χ2n) is 6.18. The van der Waals surface area contributed by atoms with Crippen LogP contribution < -0.4 is 15.4 Å². The maximum atomic E-state index is 14.0. The van der Waals surface area contributed by atoms with Crippen molar-refractivity contribution in [2.45, 2.75) is 19.8 Å². The Morgan fingerprint density at radius 1 is 1.28 bits per heavy atom. The summed E-state index contributed by atoms with van der Waals surface area (Å²) in [5, 5.41) is -0.138.